The number of hydrogen-bond donors (Lipinski definition) is 0. The first kappa shape index (κ1) is 13.8. The number of aryl methyl sites for hydroxylation is 2. The summed E-state index contributed by atoms with van der Waals surface area (Å²) < 4.78 is 12.2. The lowest BCUT2D eigenvalue weighted by molar-refractivity contribution is -0.693. The van der Waals surface area contributed by atoms with Crippen LogP contribution >= 0.6 is 0 Å². The Labute approximate surface area is 114 Å². The summed E-state index contributed by atoms with van der Waals surface area (Å²) in [6.07, 6.45) is 10.9. The van der Waals surface area contributed by atoms with Crippen molar-refractivity contribution >= 4 is 0 Å². The van der Waals surface area contributed by atoms with E-state index in [1.807, 2.05) is 18.6 Å². The first-order valence-corrected chi connectivity index (χ1v) is 6.92. The summed E-state index contributed by atoms with van der Waals surface area (Å²) in [7, 11) is 0. The zero-order valence-corrected chi connectivity index (χ0v) is 12.0. The van der Waals surface area contributed by atoms with Crippen LogP contribution in [0.2, 0.25) is 0 Å². The highest BCUT2D eigenvalue weighted by Crippen LogP contribution is 2.07. The molecule has 2 heterocycles. The van der Waals surface area contributed by atoms with Crippen molar-refractivity contribution in [2.45, 2.75) is 46.5 Å². The second-order valence-electron chi connectivity index (χ2n) is 4.54. The third-order valence-corrected chi connectivity index (χ3v) is 3.32. The monoisotopic (exact) mass is 263 g/mol. The molecule has 0 aliphatic heterocycles. The fraction of sp³-hybridized carbons (Fsp3) is 0.571. The van der Waals surface area contributed by atoms with E-state index in [4.69, 9.17) is 4.74 Å². The lowest BCUT2D eigenvalue weighted by Gasteiger charge is -2.10. The van der Waals surface area contributed by atoms with Crippen LogP contribution in [-0.4, -0.2) is 20.7 Å². The van der Waals surface area contributed by atoms with Gasteiger partial charge in [0.25, 0.3) is 0 Å². The van der Waals surface area contributed by atoms with Gasteiger partial charge in [-0.15, -0.1) is 0 Å². The molecule has 0 amide bonds. The Morgan fingerprint density at radius 2 is 2.21 bits per heavy atom. The molecule has 0 radical (unpaired) electrons. The third-order valence-electron chi connectivity index (χ3n) is 3.32. The predicted octanol–water partition coefficient (Wildman–Crippen LogP) is 1.79. The number of nitrogens with zero attached hydrogens (tertiary/aromatic N) is 4. The number of ether oxygens (including phenoxy) is 1. The molecule has 2 rings (SSSR count). The van der Waals surface area contributed by atoms with Gasteiger partial charge in [0.15, 0.2) is 6.23 Å². The van der Waals surface area contributed by atoms with Crippen LogP contribution < -0.4 is 4.57 Å². The lowest BCUT2D eigenvalue weighted by Crippen LogP contribution is -2.29. The van der Waals surface area contributed by atoms with Gasteiger partial charge in [-0.25, -0.2) is 14.1 Å². The fourth-order valence-electron chi connectivity index (χ4n) is 2.08. The van der Waals surface area contributed by atoms with E-state index in [0.717, 1.165) is 25.3 Å². The molecule has 0 aliphatic rings. The van der Waals surface area contributed by atoms with Crippen LogP contribution in [0.1, 0.15) is 32.8 Å². The highest BCUT2D eigenvalue weighted by molar-refractivity contribution is 4.92. The van der Waals surface area contributed by atoms with E-state index >= 15 is 0 Å². The SMILES string of the molecule is CCn1ccnc1CCOC(C)n1cc[n+](CC)c1. The summed E-state index contributed by atoms with van der Waals surface area (Å²) in [5.41, 5.74) is 0. The second-order valence-corrected chi connectivity index (χ2v) is 4.54. The van der Waals surface area contributed by atoms with Crippen LogP contribution in [-0.2, 0) is 24.2 Å². The predicted molar refractivity (Wildman–Crippen MR) is 72.6 cm³/mol. The molecule has 0 fully saturated rings. The topological polar surface area (TPSA) is 35.9 Å². The number of rotatable bonds is 7. The molecule has 2 aromatic heterocycles. The molecule has 104 valence electrons. The Bertz CT molecular complexity index is 503. The standard InChI is InChI=1S/C14H23N4O/c1-4-16-9-10-18(12-16)13(3)19-11-6-14-15-7-8-17(14)5-2/h7-10,12-13H,4-6,11H2,1-3H3/q+1. The molecule has 5 heteroatoms. The van der Waals surface area contributed by atoms with E-state index in [0.29, 0.717) is 6.61 Å². The maximum absolute atomic E-state index is 5.85. The molecule has 1 unspecified atom stereocenters. The number of hydrogen-bond acceptors (Lipinski definition) is 2. The van der Waals surface area contributed by atoms with Crippen LogP contribution in [0.25, 0.3) is 0 Å². The molecule has 0 saturated carbocycles. The van der Waals surface area contributed by atoms with Crippen molar-refractivity contribution < 1.29 is 9.30 Å². The van der Waals surface area contributed by atoms with Crippen LogP contribution in [0, 0.1) is 0 Å². The van der Waals surface area contributed by atoms with Crippen molar-refractivity contribution in [2.75, 3.05) is 6.61 Å². The Morgan fingerprint density at radius 1 is 1.37 bits per heavy atom. The molecule has 0 saturated heterocycles. The lowest BCUT2D eigenvalue weighted by atomic mass is 10.4. The minimum absolute atomic E-state index is 0.0536. The first-order chi connectivity index (χ1) is 9.24. The first-order valence-electron chi connectivity index (χ1n) is 6.92. The van der Waals surface area contributed by atoms with E-state index in [2.05, 4.69) is 52.0 Å². The molecule has 0 aliphatic carbocycles. The maximum atomic E-state index is 5.85. The van der Waals surface area contributed by atoms with Gasteiger partial charge in [-0.2, -0.15) is 0 Å². The Balaban J connectivity index is 1.82. The third kappa shape index (κ3) is 3.44. The van der Waals surface area contributed by atoms with E-state index in [-0.39, 0.29) is 6.23 Å². The van der Waals surface area contributed by atoms with Gasteiger partial charge in [-0.05, 0) is 13.8 Å². The fourth-order valence-corrected chi connectivity index (χ4v) is 2.08. The molecule has 5 nitrogen and oxygen atoms in total. The molecule has 0 bridgehead atoms. The van der Waals surface area contributed by atoms with Crippen molar-refractivity contribution in [1.29, 1.82) is 0 Å². The normalized spacial score (nSPS) is 12.8. The Hall–Kier alpha value is -1.62. The van der Waals surface area contributed by atoms with Gasteiger partial charge in [0, 0.05) is 32.3 Å². The molecule has 1 atom stereocenters. The average molecular weight is 263 g/mol. The summed E-state index contributed by atoms with van der Waals surface area (Å²) >= 11 is 0. The van der Waals surface area contributed by atoms with Gasteiger partial charge in [0.1, 0.15) is 18.2 Å². The largest absolute Gasteiger partial charge is 0.339 e. The smallest absolute Gasteiger partial charge is 0.245 e. The molecule has 2 aromatic rings. The van der Waals surface area contributed by atoms with Gasteiger partial charge in [0.05, 0.1) is 13.2 Å². The molecule has 0 N–H and O–H groups in total. The average Bonchev–Trinajstić information content (AvgIpc) is 3.07. The van der Waals surface area contributed by atoms with Crippen molar-refractivity contribution in [3.8, 4) is 0 Å². The Kier molecular flexibility index (Phi) is 4.74. The quantitative estimate of drug-likeness (QED) is 0.714. The number of imidazole rings is 2. The number of aromatic nitrogens is 4. The van der Waals surface area contributed by atoms with Crippen molar-refractivity contribution in [1.82, 2.24) is 14.1 Å². The minimum Gasteiger partial charge on any atom is -0.339 e. The summed E-state index contributed by atoms with van der Waals surface area (Å²) in [6.45, 7) is 8.93. The van der Waals surface area contributed by atoms with Gasteiger partial charge < -0.3 is 9.30 Å². The van der Waals surface area contributed by atoms with Gasteiger partial charge in [-0.1, -0.05) is 0 Å². The molecule has 0 spiro atoms. The van der Waals surface area contributed by atoms with Gasteiger partial charge >= 0.3 is 0 Å². The van der Waals surface area contributed by atoms with Crippen LogP contribution in [0.4, 0.5) is 0 Å². The van der Waals surface area contributed by atoms with E-state index in [9.17, 15) is 0 Å². The summed E-state index contributed by atoms with van der Waals surface area (Å²) in [5, 5.41) is 0. The van der Waals surface area contributed by atoms with Crippen molar-refractivity contribution in [3.05, 3.63) is 36.9 Å². The zero-order valence-electron chi connectivity index (χ0n) is 12.0. The van der Waals surface area contributed by atoms with Crippen LogP contribution in [0.15, 0.2) is 31.1 Å². The van der Waals surface area contributed by atoms with Gasteiger partial charge in [-0.3, -0.25) is 0 Å². The van der Waals surface area contributed by atoms with E-state index < -0.39 is 0 Å². The van der Waals surface area contributed by atoms with E-state index in [1.54, 1.807) is 0 Å². The second kappa shape index (κ2) is 6.52. The summed E-state index contributed by atoms with van der Waals surface area (Å²) in [4.78, 5) is 4.35. The van der Waals surface area contributed by atoms with E-state index in [1.165, 1.54) is 0 Å². The molecule has 19 heavy (non-hydrogen) atoms. The summed E-state index contributed by atoms with van der Waals surface area (Å²) in [5.74, 6) is 1.09. The highest BCUT2D eigenvalue weighted by atomic mass is 16.5. The van der Waals surface area contributed by atoms with Crippen LogP contribution in [0.5, 0.6) is 0 Å². The Morgan fingerprint density at radius 3 is 2.89 bits per heavy atom. The minimum atomic E-state index is 0.0536. The highest BCUT2D eigenvalue weighted by Gasteiger charge is 2.11. The van der Waals surface area contributed by atoms with Crippen molar-refractivity contribution in [2.24, 2.45) is 0 Å². The summed E-state index contributed by atoms with van der Waals surface area (Å²) in [6, 6.07) is 0. The molecule has 0 aromatic carbocycles. The van der Waals surface area contributed by atoms with Crippen LogP contribution in [0.3, 0.4) is 0 Å². The maximum Gasteiger partial charge on any atom is 0.245 e. The zero-order chi connectivity index (χ0) is 13.7. The molecular formula is C14H23N4O+. The van der Waals surface area contributed by atoms with Crippen molar-refractivity contribution in [3.63, 3.8) is 0 Å². The van der Waals surface area contributed by atoms with Gasteiger partial charge in [0.2, 0.25) is 6.33 Å². The molecular weight excluding hydrogens is 240 g/mol.